The van der Waals surface area contributed by atoms with Gasteiger partial charge < -0.3 is 4.90 Å². The Morgan fingerprint density at radius 1 is 1.30 bits per heavy atom. The highest BCUT2D eigenvalue weighted by molar-refractivity contribution is 5.05. The van der Waals surface area contributed by atoms with Gasteiger partial charge in [-0.25, -0.2) is 0 Å². The van der Waals surface area contributed by atoms with Crippen LogP contribution in [0.15, 0.2) is 0 Å². The highest BCUT2D eigenvalue weighted by Crippen LogP contribution is 2.27. The standard InChI is InChI=1S/C17H33N3/c1-6-9-19-17(5,13-18)12-15(4)20-10-7-16(8-11-20)14(2)3/h14-16,19H,6-12H2,1-5H3. The molecule has 3 nitrogen and oxygen atoms in total. The Morgan fingerprint density at radius 3 is 2.35 bits per heavy atom. The van der Waals surface area contributed by atoms with Crippen LogP contribution in [0, 0.1) is 23.2 Å². The Balaban J connectivity index is 2.46. The van der Waals surface area contributed by atoms with Gasteiger partial charge in [-0.05, 0) is 71.0 Å². The third kappa shape index (κ3) is 5.07. The van der Waals surface area contributed by atoms with Crippen molar-refractivity contribution in [1.29, 1.82) is 5.26 Å². The van der Waals surface area contributed by atoms with Gasteiger partial charge in [-0.2, -0.15) is 5.26 Å². The van der Waals surface area contributed by atoms with Crippen LogP contribution in [0.5, 0.6) is 0 Å². The second kappa shape index (κ2) is 8.00. The molecule has 20 heavy (non-hydrogen) atoms. The Hall–Kier alpha value is -0.590. The van der Waals surface area contributed by atoms with Crippen LogP contribution in [-0.4, -0.2) is 36.1 Å². The maximum atomic E-state index is 9.44. The van der Waals surface area contributed by atoms with Crippen LogP contribution in [0.25, 0.3) is 0 Å². The molecular formula is C17H33N3. The van der Waals surface area contributed by atoms with Crippen molar-refractivity contribution in [1.82, 2.24) is 10.2 Å². The average molecular weight is 279 g/mol. The van der Waals surface area contributed by atoms with E-state index in [2.05, 4.69) is 44.0 Å². The van der Waals surface area contributed by atoms with E-state index in [9.17, 15) is 5.26 Å². The lowest BCUT2D eigenvalue weighted by molar-refractivity contribution is 0.107. The van der Waals surface area contributed by atoms with Crippen molar-refractivity contribution in [2.45, 2.75) is 71.9 Å². The van der Waals surface area contributed by atoms with Crippen LogP contribution in [0.4, 0.5) is 0 Å². The average Bonchev–Trinajstić information content (AvgIpc) is 2.45. The lowest BCUT2D eigenvalue weighted by atomic mass is 9.85. The minimum atomic E-state index is -0.385. The minimum absolute atomic E-state index is 0.385. The number of likely N-dealkylation sites (tertiary alicyclic amines) is 1. The Kier molecular flexibility index (Phi) is 6.99. The topological polar surface area (TPSA) is 39.1 Å². The molecule has 0 radical (unpaired) electrons. The molecule has 2 unspecified atom stereocenters. The van der Waals surface area contributed by atoms with Gasteiger partial charge in [0.25, 0.3) is 0 Å². The molecule has 0 amide bonds. The maximum absolute atomic E-state index is 9.44. The summed E-state index contributed by atoms with van der Waals surface area (Å²) in [5.41, 5.74) is -0.385. The van der Waals surface area contributed by atoms with E-state index in [1.54, 1.807) is 0 Å². The summed E-state index contributed by atoms with van der Waals surface area (Å²) in [5, 5.41) is 12.8. The van der Waals surface area contributed by atoms with E-state index in [1.807, 2.05) is 6.92 Å². The number of hydrogen-bond donors (Lipinski definition) is 1. The van der Waals surface area contributed by atoms with E-state index >= 15 is 0 Å². The van der Waals surface area contributed by atoms with Crippen LogP contribution in [-0.2, 0) is 0 Å². The summed E-state index contributed by atoms with van der Waals surface area (Å²) in [6, 6.07) is 2.96. The van der Waals surface area contributed by atoms with Gasteiger partial charge in [0.15, 0.2) is 0 Å². The number of nitrogens with zero attached hydrogens (tertiary/aromatic N) is 2. The summed E-state index contributed by atoms with van der Waals surface area (Å²) >= 11 is 0. The molecule has 3 heteroatoms. The lowest BCUT2D eigenvalue weighted by Gasteiger charge is -2.39. The van der Waals surface area contributed by atoms with E-state index in [0.29, 0.717) is 6.04 Å². The SMILES string of the molecule is CCCNC(C)(C#N)CC(C)N1CCC(C(C)C)CC1. The van der Waals surface area contributed by atoms with Crippen molar-refractivity contribution >= 4 is 0 Å². The van der Waals surface area contributed by atoms with Crippen molar-refractivity contribution in [3.63, 3.8) is 0 Å². The van der Waals surface area contributed by atoms with Crippen LogP contribution in [0.3, 0.4) is 0 Å². The van der Waals surface area contributed by atoms with E-state index in [1.165, 1.54) is 25.9 Å². The first-order chi connectivity index (χ1) is 9.41. The summed E-state index contributed by atoms with van der Waals surface area (Å²) in [7, 11) is 0. The molecule has 1 N–H and O–H groups in total. The van der Waals surface area contributed by atoms with Gasteiger partial charge in [0.1, 0.15) is 5.54 Å². The molecular weight excluding hydrogens is 246 g/mol. The van der Waals surface area contributed by atoms with Crippen LogP contribution in [0.1, 0.15) is 60.3 Å². The van der Waals surface area contributed by atoms with Crippen LogP contribution < -0.4 is 5.32 Å². The quantitative estimate of drug-likeness (QED) is 0.776. The van der Waals surface area contributed by atoms with Crippen molar-refractivity contribution in [3.8, 4) is 6.07 Å². The maximum Gasteiger partial charge on any atom is 0.105 e. The number of hydrogen-bond acceptors (Lipinski definition) is 3. The van der Waals surface area contributed by atoms with Gasteiger partial charge >= 0.3 is 0 Å². The molecule has 1 rings (SSSR count). The second-order valence-corrected chi connectivity index (χ2v) is 7.04. The first kappa shape index (κ1) is 17.5. The molecule has 0 saturated carbocycles. The third-order valence-electron chi connectivity index (χ3n) is 4.86. The zero-order chi connectivity index (χ0) is 15.2. The van der Waals surface area contributed by atoms with Gasteiger partial charge in [-0.1, -0.05) is 20.8 Å². The molecule has 1 aliphatic heterocycles. The zero-order valence-electron chi connectivity index (χ0n) is 14.1. The predicted molar refractivity (Wildman–Crippen MR) is 85.5 cm³/mol. The van der Waals surface area contributed by atoms with Crippen molar-refractivity contribution < 1.29 is 0 Å². The second-order valence-electron chi connectivity index (χ2n) is 7.04. The highest BCUT2D eigenvalue weighted by Gasteiger charge is 2.30. The highest BCUT2D eigenvalue weighted by atomic mass is 15.2. The normalized spacial score (nSPS) is 22.4. The molecule has 1 aliphatic rings. The van der Waals surface area contributed by atoms with E-state index in [0.717, 1.165) is 31.2 Å². The van der Waals surface area contributed by atoms with Crippen molar-refractivity contribution in [3.05, 3.63) is 0 Å². The fourth-order valence-electron chi connectivity index (χ4n) is 3.31. The Labute approximate surface area is 125 Å². The molecule has 0 aromatic rings. The molecule has 0 aromatic heterocycles. The van der Waals surface area contributed by atoms with E-state index in [-0.39, 0.29) is 5.54 Å². The molecule has 0 aromatic carbocycles. The Morgan fingerprint density at radius 2 is 1.90 bits per heavy atom. The summed E-state index contributed by atoms with van der Waals surface area (Å²) in [6.07, 6.45) is 4.61. The molecule has 1 fully saturated rings. The van der Waals surface area contributed by atoms with Crippen LogP contribution in [0.2, 0.25) is 0 Å². The molecule has 1 heterocycles. The number of nitrogens with one attached hydrogen (secondary N) is 1. The molecule has 2 atom stereocenters. The zero-order valence-corrected chi connectivity index (χ0v) is 14.1. The fraction of sp³-hybridized carbons (Fsp3) is 0.941. The smallest absolute Gasteiger partial charge is 0.105 e. The summed E-state index contributed by atoms with van der Waals surface area (Å²) in [6.45, 7) is 14.4. The lowest BCUT2D eigenvalue weighted by Crippen LogP contribution is -2.49. The molecule has 0 spiro atoms. The molecule has 116 valence electrons. The summed E-state index contributed by atoms with van der Waals surface area (Å²) in [5.74, 6) is 1.70. The van der Waals surface area contributed by atoms with Gasteiger partial charge in [-0.3, -0.25) is 5.32 Å². The van der Waals surface area contributed by atoms with E-state index in [4.69, 9.17) is 0 Å². The van der Waals surface area contributed by atoms with Gasteiger partial charge in [0.2, 0.25) is 0 Å². The van der Waals surface area contributed by atoms with E-state index < -0.39 is 0 Å². The van der Waals surface area contributed by atoms with Gasteiger partial charge in [0.05, 0.1) is 6.07 Å². The van der Waals surface area contributed by atoms with Crippen molar-refractivity contribution in [2.75, 3.05) is 19.6 Å². The molecule has 1 saturated heterocycles. The molecule has 0 aliphatic carbocycles. The van der Waals surface area contributed by atoms with Crippen LogP contribution >= 0.6 is 0 Å². The minimum Gasteiger partial charge on any atom is -0.301 e. The third-order valence-corrected chi connectivity index (χ3v) is 4.86. The predicted octanol–water partition coefficient (Wildman–Crippen LogP) is 3.41. The molecule has 0 bridgehead atoms. The fourth-order valence-corrected chi connectivity index (χ4v) is 3.31. The summed E-state index contributed by atoms with van der Waals surface area (Å²) in [4.78, 5) is 2.57. The number of piperidine rings is 1. The monoisotopic (exact) mass is 279 g/mol. The van der Waals surface area contributed by atoms with Crippen molar-refractivity contribution in [2.24, 2.45) is 11.8 Å². The summed E-state index contributed by atoms with van der Waals surface area (Å²) < 4.78 is 0. The Bertz CT molecular complexity index is 313. The number of nitriles is 1. The van der Waals surface area contributed by atoms with Gasteiger partial charge in [-0.15, -0.1) is 0 Å². The largest absolute Gasteiger partial charge is 0.301 e. The first-order valence-electron chi connectivity index (χ1n) is 8.32. The number of rotatable bonds is 7. The van der Waals surface area contributed by atoms with Gasteiger partial charge in [0, 0.05) is 6.04 Å². The first-order valence-corrected chi connectivity index (χ1v) is 8.32.